The first-order chi connectivity index (χ1) is 13.8. The molecule has 0 saturated heterocycles. The highest BCUT2D eigenvalue weighted by atomic mass is 32.2. The fraction of sp³-hybridized carbons (Fsp3) is 0.300. The van der Waals surface area contributed by atoms with E-state index in [2.05, 4.69) is 4.74 Å². The van der Waals surface area contributed by atoms with Gasteiger partial charge in [0.2, 0.25) is 0 Å². The Labute approximate surface area is 173 Å². The van der Waals surface area contributed by atoms with E-state index in [1.165, 1.54) is 12.1 Å². The van der Waals surface area contributed by atoms with E-state index in [1.807, 2.05) is 31.2 Å². The molecule has 9 heteroatoms. The number of rotatable bonds is 8. The maximum atomic E-state index is 12.4. The lowest BCUT2D eigenvalue weighted by molar-refractivity contribution is -0.274. The van der Waals surface area contributed by atoms with Crippen molar-refractivity contribution in [2.45, 2.75) is 37.6 Å². The molecule has 1 aromatic heterocycles. The van der Waals surface area contributed by atoms with E-state index in [4.69, 9.17) is 5.41 Å². The zero-order valence-corrected chi connectivity index (χ0v) is 17.2. The third kappa shape index (κ3) is 5.63. The summed E-state index contributed by atoms with van der Waals surface area (Å²) in [6, 6.07) is 11.6. The van der Waals surface area contributed by atoms with Crippen LogP contribution in [0.3, 0.4) is 0 Å². The number of aryl methyl sites for hydroxylation is 1. The Bertz CT molecular complexity index is 1060. The SMILES string of the molecule is CCCC(=O)c1ccc(SCCn2c(=N)sc3cc(OC(F)(F)F)ccc32)cc1. The number of thioether (sulfide) groups is 1. The second-order valence-electron chi connectivity index (χ2n) is 6.28. The van der Waals surface area contributed by atoms with E-state index in [0.29, 0.717) is 34.5 Å². The molecule has 2 aromatic carbocycles. The Morgan fingerprint density at radius 1 is 1.21 bits per heavy atom. The van der Waals surface area contributed by atoms with Crippen LogP contribution in [-0.2, 0) is 6.54 Å². The number of ether oxygens (including phenoxy) is 1. The molecule has 0 radical (unpaired) electrons. The molecule has 3 aromatic rings. The number of Topliss-reactive ketones (excluding diaryl/α,β-unsaturated/α-hetero) is 1. The Morgan fingerprint density at radius 3 is 2.59 bits per heavy atom. The summed E-state index contributed by atoms with van der Waals surface area (Å²) in [5.74, 6) is 0.536. The predicted octanol–water partition coefficient (Wildman–Crippen LogP) is 5.86. The molecule has 1 N–H and O–H groups in total. The third-order valence-corrected chi connectivity index (χ3v) is 6.10. The second-order valence-corrected chi connectivity index (χ2v) is 8.48. The number of halogens is 3. The monoisotopic (exact) mass is 440 g/mol. The first kappa shape index (κ1) is 21.4. The van der Waals surface area contributed by atoms with Crippen molar-refractivity contribution in [2.24, 2.45) is 0 Å². The number of nitrogens with zero attached hydrogens (tertiary/aromatic N) is 1. The average Bonchev–Trinajstić information content (AvgIpc) is 2.96. The van der Waals surface area contributed by atoms with Gasteiger partial charge in [0, 0.05) is 29.2 Å². The van der Waals surface area contributed by atoms with Gasteiger partial charge in [0.25, 0.3) is 0 Å². The van der Waals surface area contributed by atoms with Gasteiger partial charge in [-0.2, -0.15) is 0 Å². The summed E-state index contributed by atoms with van der Waals surface area (Å²) in [4.78, 5) is 13.2. The Balaban J connectivity index is 1.65. The van der Waals surface area contributed by atoms with Crippen LogP contribution in [0.2, 0.25) is 0 Å². The van der Waals surface area contributed by atoms with E-state index in [9.17, 15) is 18.0 Å². The molecule has 0 unspecified atom stereocenters. The quantitative estimate of drug-likeness (QED) is 0.353. The lowest BCUT2D eigenvalue weighted by Gasteiger charge is -2.09. The Hall–Kier alpha value is -2.26. The number of hydrogen-bond donors (Lipinski definition) is 1. The van der Waals surface area contributed by atoms with E-state index >= 15 is 0 Å². The molecular weight excluding hydrogens is 421 g/mol. The molecule has 0 aliphatic heterocycles. The summed E-state index contributed by atoms with van der Waals surface area (Å²) < 4.78 is 43.4. The molecule has 0 aliphatic carbocycles. The molecule has 29 heavy (non-hydrogen) atoms. The molecule has 0 atom stereocenters. The summed E-state index contributed by atoms with van der Waals surface area (Å²) in [5, 5.41) is 8.12. The third-order valence-electron chi connectivity index (χ3n) is 4.14. The zero-order valence-electron chi connectivity index (χ0n) is 15.6. The largest absolute Gasteiger partial charge is 0.573 e. The first-order valence-electron chi connectivity index (χ1n) is 8.96. The molecule has 0 spiro atoms. The molecule has 0 saturated carbocycles. The van der Waals surface area contributed by atoms with E-state index in [1.54, 1.807) is 22.4 Å². The topological polar surface area (TPSA) is 55.1 Å². The van der Waals surface area contributed by atoms with Crippen molar-refractivity contribution in [3.63, 3.8) is 0 Å². The number of hydrogen-bond acceptors (Lipinski definition) is 5. The molecule has 4 nitrogen and oxygen atoms in total. The van der Waals surface area contributed by atoms with Gasteiger partial charge in [-0.25, -0.2) is 0 Å². The van der Waals surface area contributed by atoms with Crippen LogP contribution < -0.4 is 9.54 Å². The lowest BCUT2D eigenvalue weighted by atomic mass is 10.1. The van der Waals surface area contributed by atoms with Crippen LogP contribution in [0.1, 0.15) is 30.1 Å². The van der Waals surface area contributed by atoms with E-state index in [0.717, 1.165) is 22.7 Å². The van der Waals surface area contributed by atoms with Crippen LogP contribution in [0.4, 0.5) is 13.2 Å². The maximum absolute atomic E-state index is 12.4. The van der Waals surface area contributed by atoms with Crippen LogP contribution in [0.25, 0.3) is 10.2 Å². The van der Waals surface area contributed by atoms with Gasteiger partial charge in [-0.1, -0.05) is 30.4 Å². The van der Waals surface area contributed by atoms with E-state index in [-0.39, 0.29) is 16.3 Å². The number of carbonyl (C=O) groups excluding carboxylic acids is 1. The number of fused-ring (bicyclic) bond motifs is 1. The highest BCUT2D eigenvalue weighted by Gasteiger charge is 2.31. The van der Waals surface area contributed by atoms with Crippen LogP contribution in [-0.4, -0.2) is 22.5 Å². The van der Waals surface area contributed by atoms with Gasteiger partial charge in [0.15, 0.2) is 10.6 Å². The van der Waals surface area contributed by atoms with Crippen LogP contribution in [0.15, 0.2) is 47.4 Å². The van der Waals surface area contributed by atoms with Crippen molar-refractivity contribution in [3.05, 3.63) is 52.8 Å². The van der Waals surface area contributed by atoms with Crippen molar-refractivity contribution in [1.82, 2.24) is 4.57 Å². The summed E-state index contributed by atoms with van der Waals surface area (Å²) in [6.07, 6.45) is -3.38. The number of carbonyl (C=O) groups is 1. The highest BCUT2D eigenvalue weighted by Crippen LogP contribution is 2.28. The summed E-state index contributed by atoms with van der Waals surface area (Å²) >= 11 is 2.71. The number of thiazole rings is 1. The minimum absolute atomic E-state index is 0.136. The van der Waals surface area contributed by atoms with Gasteiger partial charge in [0.05, 0.1) is 10.2 Å². The van der Waals surface area contributed by atoms with Crippen molar-refractivity contribution >= 4 is 39.1 Å². The molecule has 0 bridgehead atoms. The number of alkyl halides is 3. The molecule has 3 rings (SSSR count). The smallest absolute Gasteiger partial charge is 0.406 e. The maximum Gasteiger partial charge on any atom is 0.573 e. The molecular formula is C20H19F3N2O2S2. The first-order valence-corrected chi connectivity index (χ1v) is 10.8. The number of benzene rings is 2. The Kier molecular flexibility index (Phi) is 6.69. The summed E-state index contributed by atoms with van der Waals surface area (Å²) in [6.45, 7) is 2.51. The van der Waals surface area contributed by atoms with Crippen molar-refractivity contribution in [1.29, 1.82) is 5.41 Å². The number of ketones is 1. The van der Waals surface area contributed by atoms with Crippen molar-refractivity contribution < 1.29 is 22.7 Å². The standard InChI is InChI=1S/C20H19F3N2O2S2/c1-2-3-17(26)13-4-7-15(8-5-13)28-11-10-25-16-9-6-14(27-20(21,22)23)12-18(16)29-19(25)24/h4-9,12,24H,2-3,10-11H2,1H3. The van der Waals surface area contributed by atoms with Gasteiger partial charge in [-0.05, 0) is 36.8 Å². The van der Waals surface area contributed by atoms with Crippen molar-refractivity contribution in [2.75, 3.05) is 5.75 Å². The molecule has 0 fully saturated rings. The second kappa shape index (κ2) is 9.04. The van der Waals surface area contributed by atoms with Gasteiger partial charge in [0.1, 0.15) is 5.75 Å². The van der Waals surface area contributed by atoms with Crippen molar-refractivity contribution in [3.8, 4) is 5.75 Å². The molecule has 0 amide bonds. The molecule has 154 valence electrons. The zero-order chi connectivity index (χ0) is 21.0. The average molecular weight is 441 g/mol. The Morgan fingerprint density at radius 2 is 1.93 bits per heavy atom. The fourth-order valence-corrected chi connectivity index (χ4v) is 4.65. The van der Waals surface area contributed by atoms with Gasteiger partial charge >= 0.3 is 6.36 Å². The number of nitrogens with one attached hydrogen (secondary N) is 1. The van der Waals surface area contributed by atoms with Crippen LogP contribution >= 0.6 is 23.1 Å². The molecule has 0 aliphatic rings. The number of aromatic nitrogens is 1. The summed E-state index contributed by atoms with van der Waals surface area (Å²) in [5.41, 5.74) is 1.41. The fourth-order valence-electron chi connectivity index (χ4n) is 2.85. The molecule has 1 heterocycles. The van der Waals surface area contributed by atoms with Gasteiger partial charge in [-0.3, -0.25) is 10.2 Å². The predicted molar refractivity (Wildman–Crippen MR) is 109 cm³/mol. The highest BCUT2D eigenvalue weighted by molar-refractivity contribution is 7.99. The van der Waals surface area contributed by atoms with Crippen LogP contribution in [0, 0.1) is 5.41 Å². The van der Waals surface area contributed by atoms with Crippen LogP contribution in [0.5, 0.6) is 5.75 Å². The minimum Gasteiger partial charge on any atom is -0.406 e. The normalized spacial score (nSPS) is 11.7. The van der Waals surface area contributed by atoms with E-state index < -0.39 is 6.36 Å². The van der Waals surface area contributed by atoms with Gasteiger partial charge in [-0.15, -0.1) is 24.9 Å². The minimum atomic E-state index is -4.74. The van der Waals surface area contributed by atoms with Gasteiger partial charge < -0.3 is 9.30 Å². The lowest BCUT2D eigenvalue weighted by Crippen LogP contribution is -2.17. The summed E-state index contributed by atoms with van der Waals surface area (Å²) in [7, 11) is 0.